The number of aromatic nitrogens is 3. The van der Waals surface area contributed by atoms with Gasteiger partial charge in [0.2, 0.25) is 0 Å². The summed E-state index contributed by atoms with van der Waals surface area (Å²) in [5.74, 6) is 0.735. The normalized spacial score (nSPS) is 19.6. The van der Waals surface area contributed by atoms with Crippen LogP contribution in [-0.4, -0.2) is 21.7 Å². The van der Waals surface area contributed by atoms with E-state index in [4.69, 9.17) is 0 Å². The summed E-state index contributed by atoms with van der Waals surface area (Å²) < 4.78 is 0. The van der Waals surface area contributed by atoms with Gasteiger partial charge in [-0.3, -0.25) is 10.1 Å². The van der Waals surface area contributed by atoms with Gasteiger partial charge in [0, 0.05) is 30.1 Å². The third-order valence-corrected chi connectivity index (χ3v) is 5.65. The molecule has 0 amide bonds. The van der Waals surface area contributed by atoms with E-state index >= 15 is 0 Å². The Kier molecular flexibility index (Phi) is 3.36. The Morgan fingerprint density at radius 2 is 1.95 bits per heavy atom. The molecule has 0 unspecified atom stereocenters. The van der Waals surface area contributed by atoms with E-state index in [2.05, 4.69) is 54.3 Å². The summed E-state index contributed by atoms with van der Waals surface area (Å²) in [6.45, 7) is 11.3. The first-order chi connectivity index (χ1) is 9.94. The van der Waals surface area contributed by atoms with Crippen molar-refractivity contribution in [3.8, 4) is 11.3 Å². The van der Waals surface area contributed by atoms with Gasteiger partial charge in [0.1, 0.15) is 0 Å². The first-order valence-electron chi connectivity index (χ1n) is 7.58. The number of H-pyrrole nitrogens is 1. The van der Waals surface area contributed by atoms with Gasteiger partial charge in [-0.15, -0.1) is 0 Å². The minimum Gasteiger partial charge on any atom is -0.312 e. The third kappa shape index (κ3) is 2.38. The maximum atomic E-state index is 4.18. The Morgan fingerprint density at radius 3 is 2.57 bits per heavy atom. The average Bonchev–Trinajstić information content (AvgIpc) is 2.83. The van der Waals surface area contributed by atoms with Crippen LogP contribution in [0.25, 0.3) is 11.3 Å². The highest BCUT2D eigenvalue weighted by Gasteiger charge is 2.63. The highest BCUT2D eigenvalue weighted by atomic mass is 15.1. The fourth-order valence-corrected chi connectivity index (χ4v) is 3.40. The maximum Gasteiger partial charge on any atom is 0.0710 e. The fraction of sp³-hybridized carbons (Fsp3) is 0.529. The van der Waals surface area contributed by atoms with Crippen molar-refractivity contribution in [3.63, 3.8) is 0 Å². The maximum absolute atomic E-state index is 4.18. The van der Waals surface area contributed by atoms with E-state index < -0.39 is 0 Å². The summed E-state index contributed by atoms with van der Waals surface area (Å²) in [6.07, 6.45) is 5.55. The minimum atomic E-state index is 0.433. The largest absolute Gasteiger partial charge is 0.312 e. The van der Waals surface area contributed by atoms with Crippen LogP contribution in [0.15, 0.2) is 30.7 Å². The molecule has 0 radical (unpaired) electrons. The Labute approximate surface area is 126 Å². The summed E-state index contributed by atoms with van der Waals surface area (Å²) in [6, 6.07) is 4.00. The molecule has 0 spiro atoms. The third-order valence-electron chi connectivity index (χ3n) is 5.65. The van der Waals surface area contributed by atoms with Crippen molar-refractivity contribution in [3.05, 3.63) is 36.3 Å². The molecule has 2 heterocycles. The molecular weight excluding hydrogens is 260 g/mol. The van der Waals surface area contributed by atoms with E-state index in [1.807, 2.05) is 18.5 Å². The summed E-state index contributed by atoms with van der Waals surface area (Å²) >= 11 is 0. The lowest BCUT2D eigenvalue weighted by molar-refractivity contribution is 0.457. The van der Waals surface area contributed by atoms with Gasteiger partial charge in [-0.2, -0.15) is 5.10 Å². The Morgan fingerprint density at radius 1 is 1.19 bits per heavy atom. The van der Waals surface area contributed by atoms with E-state index in [1.165, 1.54) is 5.56 Å². The van der Waals surface area contributed by atoms with Crippen molar-refractivity contribution in [1.82, 2.24) is 20.5 Å². The van der Waals surface area contributed by atoms with Crippen molar-refractivity contribution in [1.29, 1.82) is 0 Å². The molecular formula is C17H24N4. The molecule has 0 atom stereocenters. The molecule has 0 saturated heterocycles. The van der Waals surface area contributed by atoms with Gasteiger partial charge in [0.25, 0.3) is 0 Å². The lowest BCUT2D eigenvalue weighted by atomic mass is 10.0. The van der Waals surface area contributed by atoms with Crippen LogP contribution in [0.3, 0.4) is 0 Å². The zero-order valence-corrected chi connectivity index (χ0v) is 13.3. The predicted molar refractivity (Wildman–Crippen MR) is 84.6 cm³/mol. The number of nitrogens with one attached hydrogen (secondary N) is 2. The molecule has 4 nitrogen and oxygen atoms in total. The van der Waals surface area contributed by atoms with E-state index in [-0.39, 0.29) is 0 Å². The second-order valence-electron chi connectivity index (χ2n) is 7.14. The lowest BCUT2D eigenvalue weighted by Gasteiger charge is -2.07. The molecule has 1 saturated carbocycles. The highest BCUT2D eigenvalue weighted by Crippen LogP contribution is 2.67. The number of pyridine rings is 1. The second kappa shape index (κ2) is 4.95. The first-order valence-corrected chi connectivity index (χ1v) is 7.58. The summed E-state index contributed by atoms with van der Waals surface area (Å²) in [5, 5.41) is 10.8. The molecule has 0 aliphatic heterocycles. The van der Waals surface area contributed by atoms with Crippen LogP contribution in [0.2, 0.25) is 0 Å². The lowest BCUT2D eigenvalue weighted by Crippen LogP contribution is -2.19. The zero-order valence-electron chi connectivity index (χ0n) is 13.3. The molecule has 0 bridgehead atoms. The molecule has 2 aromatic rings. The van der Waals surface area contributed by atoms with Crippen LogP contribution in [0.4, 0.5) is 0 Å². The molecule has 21 heavy (non-hydrogen) atoms. The quantitative estimate of drug-likeness (QED) is 0.886. The molecule has 1 aliphatic carbocycles. The van der Waals surface area contributed by atoms with E-state index in [1.54, 1.807) is 6.20 Å². The minimum absolute atomic E-state index is 0.433. The van der Waals surface area contributed by atoms with Crippen LogP contribution < -0.4 is 5.32 Å². The topological polar surface area (TPSA) is 53.6 Å². The molecule has 112 valence electrons. The molecule has 1 fully saturated rings. The Bertz CT molecular complexity index is 599. The second-order valence-corrected chi connectivity index (χ2v) is 7.14. The molecule has 1 aliphatic rings. The number of aromatic amines is 1. The smallest absolute Gasteiger partial charge is 0.0710 e. The van der Waals surface area contributed by atoms with Crippen LogP contribution in [-0.2, 0) is 6.54 Å². The van der Waals surface area contributed by atoms with E-state index in [0.717, 1.165) is 30.3 Å². The van der Waals surface area contributed by atoms with Gasteiger partial charge in [0.15, 0.2) is 0 Å². The number of rotatable bonds is 5. The van der Waals surface area contributed by atoms with E-state index in [9.17, 15) is 0 Å². The molecule has 0 aromatic carbocycles. The SMILES string of the molecule is CC1(C)C(CNCc2cn[nH]c2-c2cccnc2)C1(C)C. The predicted octanol–water partition coefficient (Wildman–Crippen LogP) is 3.24. The van der Waals surface area contributed by atoms with Crippen LogP contribution in [0, 0.1) is 16.7 Å². The van der Waals surface area contributed by atoms with E-state index in [0.29, 0.717) is 10.8 Å². The monoisotopic (exact) mass is 284 g/mol. The highest BCUT2D eigenvalue weighted by molar-refractivity contribution is 5.61. The standard InChI is InChI=1S/C17H24N4/c1-16(2)14(17(16,3)4)11-19-9-13-10-20-21-15(13)12-6-5-7-18-8-12/h5-8,10,14,19H,9,11H2,1-4H3,(H,20,21). The summed E-state index contributed by atoms with van der Waals surface area (Å²) in [4.78, 5) is 4.17. The summed E-state index contributed by atoms with van der Waals surface area (Å²) in [5.41, 5.74) is 4.20. The van der Waals surface area contributed by atoms with Crippen LogP contribution in [0.1, 0.15) is 33.3 Å². The fourth-order valence-electron chi connectivity index (χ4n) is 3.40. The Hall–Kier alpha value is -1.68. The van der Waals surface area contributed by atoms with Crippen molar-refractivity contribution >= 4 is 0 Å². The van der Waals surface area contributed by atoms with Gasteiger partial charge >= 0.3 is 0 Å². The van der Waals surface area contributed by atoms with Crippen molar-refractivity contribution in [2.75, 3.05) is 6.54 Å². The number of hydrogen-bond donors (Lipinski definition) is 2. The molecule has 4 heteroatoms. The van der Waals surface area contributed by atoms with Gasteiger partial charge < -0.3 is 5.32 Å². The van der Waals surface area contributed by atoms with Gasteiger partial charge in [-0.05, 0) is 35.4 Å². The zero-order chi connectivity index (χ0) is 15.1. The average molecular weight is 284 g/mol. The Balaban J connectivity index is 1.62. The van der Waals surface area contributed by atoms with Crippen LogP contribution in [0.5, 0.6) is 0 Å². The molecule has 2 N–H and O–H groups in total. The van der Waals surface area contributed by atoms with Crippen molar-refractivity contribution in [2.24, 2.45) is 16.7 Å². The van der Waals surface area contributed by atoms with Gasteiger partial charge in [-0.25, -0.2) is 0 Å². The van der Waals surface area contributed by atoms with Gasteiger partial charge in [-0.1, -0.05) is 27.7 Å². The summed E-state index contributed by atoms with van der Waals surface area (Å²) in [7, 11) is 0. The van der Waals surface area contributed by atoms with Crippen molar-refractivity contribution in [2.45, 2.75) is 34.2 Å². The number of hydrogen-bond acceptors (Lipinski definition) is 3. The van der Waals surface area contributed by atoms with Crippen molar-refractivity contribution < 1.29 is 0 Å². The molecule has 3 rings (SSSR count). The first kappa shape index (κ1) is 14.3. The number of nitrogens with zero attached hydrogens (tertiary/aromatic N) is 2. The van der Waals surface area contributed by atoms with Crippen LogP contribution >= 0.6 is 0 Å². The molecule has 2 aromatic heterocycles. The van der Waals surface area contributed by atoms with Gasteiger partial charge in [0.05, 0.1) is 11.9 Å².